The Hall–Kier alpha value is -3.17. The van der Waals surface area contributed by atoms with Crippen molar-refractivity contribution in [3.63, 3.8) is 0 Å². The lowest BCUT2D eigenvalue weighted by atomic mass is 9.96. The van der Waals surface area contributed by atoms with Gasteiger partial charge in [0.05, 0.1) is 0 Å². The van der Waals surface area contributed by atoms with E-state index in [1.807, 2.05) is 11.3 Å². The molecule has 1 heterocycles. The predicted molar refractivity (Wildman–Crippen MR) is 134 cm³/mol. The lowest BCUT2D eigenvalue weighted by Gasteiger charge is -2.16. The molecule has 3 heteroatoms. The Kier molecular flexibility index (Phi) is 4.56. The van der Waals surface area contributed by atoms with Crippen LogP contribution in [0.3, 0.4) is 0 Å². The second-order valence-electron chi connectivity index (χ2n) is 8.19. The summed E-state index contributed by atoms with van der Waals surface area (Å²) >= 11 is 1.88. The summed E-state index contributed by atoms with van der Waals surface area (Å²) in [6, 6.07) is 29.0. The molecule has 0 unspecified atom stereocenters. The number of hydrogen-bond acceptors (Lipinski definition) is 2. The van der Waals surface area contributed by atoms with Crippen molar-refractivity contribution in [1.82, 2.24) is 4.58 Å². The van der Waals surface area contributed by atoms with Gasteiger partial charge in [-0.25, -0.2) is 4.58 Å². The minimum atomic E-state index is 1.23. The van der Waals surface area contributed by atoms with Crippen LogP contribution in [0.1, 0.15) is 0 Å². The van der Waals surface area contributed by atoms with Gasteiger partial charge in [0.2, 0.25) is 0 Å². The van der Waals surface area contributed by atoms with E-state index in [1.165, 1.54) is 53.1 Å². The Morgan fingerprint density at radius 3 is 2.20 bits per heavy atom. The number of benzene rings is 4. The molecule has 0 saturated heterocycles. The lowest BCUT2D eigenvalue weighted by Crippen LogP contribution is -2.20. The minimum absolute atomic E-state index is 1.23. The molecule has 0 aliphatic carbocycles. The van der Waals surface area contributed by atoms with E-state index in [4.69, 9.17) is 0 Å². The van der Waals surface area contributed by atoms with Crippen LogP contribution in [0, 0.1) is 0 Å². The zero-order valence-corrected chi connectivity index (χ0v) is 18.6. The monoisotopic (exact) mass is 409 g/mol. The summed E-state index contributed by atoms with van der Waals surface area (Å²) in [5, 5.41) is 6.43. The highest BCUT2D eigenvalue weighted by molar-refractivity contribution is 7.24. The number of nitrogens with zero attached hydrogens (tertiary/aromatic N) is 2. The second kappa shape index (κ2) is 7.26. The fourth-order valence-corrected chi connectivity index (χ4v) is 5.24. The van der Waals surface area contributed by atoms with Crippen molar-refractivity contribution in [2.45, 2.75) is 0 Å². The molecule has 0 atom stereocenters. The molecule has 0 radical (unpaired) electrons. The van der Waals surface area contributed by atoms with Crippen molar-refractivity contribution in [3.8, 4) is 11.1 Å². The van der Waals surface area contributed by atoms with E-state index < -0.39 is 0 Å². The molecule has 5 rings (SSSR count). The van der Waals surface area contributed by atoms with Gasteiger partial charge < -0.3 is 4.90 Å². The van der Waals surface area contributed by atoms with E-state index in [9.17, 15) is 0 Å². The maximum absolute atomic E-state index is 2.36. The molecule has 0 aliphatic rings. The zero-order chi connectivity index (χ0) is 20.8. The van der Waals surface area contributed by atoms with Crippen molar-refractivity contribution >= 4 is 48.0 Å². The molecule has 2 nitrogen and oxygen atoms in total. The van der Waals surface area contributed by atoms with Crippen LogP contribution in [0.4, 0.5) is 5.69 Å². The van der Waals surface area contributed by atoms with Crippen LogP contribution in [-0.4, -0.2) is 28.2 Å². The molecular weight excluding hydrogens is 384 g/mol. The first-order chi connectivity index (χ1) is 14.5. The van der Waals surface area contributed by atoms with Gasteiger partial charge in [-0.3, -0.25) is 0 Å². The first-order valence-electron chi connectivity index (χ1n) is 10.2. The Labute approximate surface area is 181 Å². The molecule has 0 aliphatic heterocycles. The van der Waals surface area contributed by atoms with Crippen molar-refractivity contribution < 1.29 is 0 Å². The highest BCUT2D eigenvalue weighted by Crippen LogP contribution is 2.41. The van der Waals surface area contributed by atoms with Gasteiger partial charge >= 0.3 is 0 Å². The van der Waals surface area contributed by atoms with Crippen molar-refractivity contribution in [1.29, 1.82) is 0 Å². The van der Waals surface area contributed by atoms with E-state index in [0.29, 0.717) is 0 Å². The number of hydrogen-bond donors (Lipinski definition) is 0. The van der Waals surface area contributed by atoms with Crippen molar-refractivity contribution in [3.05, 3.63) is 84.2 Å². The largest absolute Gasteiger partial charge is 0.378 e. The first-order valence-corrected chi connectivity index (χ1v) is 11.0. The number of anilines is 1. The van der Waals surface area contributed by atoms with E-state index in [-0.39, 0.29) is 0 Å². The molecule has 0 spiro atoms. The topological polar surface area (TPSA) is 6.25 Å². The number of rotatable bonds is 2. The molecule has 5 aromatic rings. The predicted octanol–water partition coefficient (Wildman–Crippen LogP) is 5.97. The second-order valence-corrected chi connectivity index (χ2v) is 9.28. The van der Waals surface area contributed by atoms with Gasteiger partial charge in [0.1, 0.15) is 14.1 Å². The zero-order valence-electron chi connectivity index (χ0n) is 17.8. The Morgan fingerprint density at radius 2 is 1.47 bits per heavy atom. The fraction of sp³-hybridized carbons (Fsp3) is 0.148. The van der Waals surface area contributed by atoms with Gasteiger partial charge in [-0.1, -0.05) is 36.4 Å². The van der Waals surface area contributed by atoms with Gasteiger partial charge in [-0.2, -0.15) is 0 Å². The van der Waals surface area contributed by atoms with Crippen LogP contribution in [-0.2, 0) is 0 Å². The van der Waals surface area contributed by atoms with Gasteiger partial charge in [0.25, 0.3) is 0 Å². The average molecular weight is 410 g/mol. The Balaban J connectivity index is 1.94. The summed E-state index contributed by atoms with van der Waals surface area (Å²) in [6.45, 7) is 0. The molecule has 0 fully saturated rings. The standard InChI is InChI=1S/C27H25N2S/c1-28(2)21-11-10-19-15-24-25(16-20(19)14-21)30-26-17-22(29(3)4)12-13-23(26)27(24)18-8-6-5-7-9-18/h5-17H,1-4H3/q+1. The lowest BCUT2D eigenvalue weighted by molar-refractivity contribution is 0.815. The van der Waals surface area contributed by atoms with Crippen LogP contribution in [0.5, 0.6) is 0 Å². The van der Waals surface area contributed by atoms with Crippen LogP contribution in [0.15, 0.2) is 78.9 Å². The summed E-state index contributed by atoms with van der Waals surface area (Å²) in [4.78, 5) is 2.17. The molecule has 0 saturated carbocycles. The minimum Gasteiger partial charge on any atom is -0.378 e. The smallest absolute Gasteiger partial charge is 0.200 e. The number of fused-ring (bicyclic) bond motifs is 3. The van der Waals surface area contributed by atoms with Gasteiger partial charge in [-0.15, -0.1) is 11.3 Å². The molecule has 0 N–H and O–H groups in total. The van der Waals surface area contributed by atoms with Gasteiger partial charge in [0.15, 0.2) is 5.36 Å². The van der Waals surface area contributed by atoms with Crippen LogP contribution < -0.4 is 14.8 Å². The van der Waals surface area contributed by atoms with Gasteiger partial charge in [0, 0.05) is 52.1 Å². The SMILES string of the molecule is CN(C)c1ccc2c(-c3ccccc3)c3cc4ccc(=[N+](C)C)cc4cc3sc2c1. The third-order valence-electron chi connectivity index (χ3n) is 5.74. The van der Waals surface area contributed by atoms with Crippen LogP contribution in [0.2, 0.25) is 0 Å². The summed E-state index contributed by atoms with van der Waals surface area (Å²) in [7, 11) is 8.38. The molecule has 0 amide bonds. The van der Waals surface area contributed by atoms with Crippen LogP contribution in [0.25, 0.3) is 42.1 Å². The Morgan fingerprint density at radius 1 is 0.700 bits per heavy atom. The van der Waals surface area contributed by atoms with E-state index in [2.05, 4.69) is 117 Å². The molecule has 148 valence electrons. The molecular formula is C27H25N2S+. The highest BCUT2D eigenvalue weighted by Gasteiger charge is 2.13. The van der Waals surface area contributed by atoms with Crippen LogP contribution >= 0.6 is 11.3 Å². The van der Waals surface area contributed by atoms with Crippen molar-refractivity contribution in [2.75, 3.05) is 33.1 Å². The third-order valence-corrected chi connectivity index (χ3v) is 6.86. The van der Waals surface area contributed by atoms with E-state index >= 15 is 0 Å². The van der Waals surface area contributed by atoms with Gasteiger partial charge in [-0.05, 0) is 52.2 Å². The molecule has 4 aromatic carbocycles. The summed E-state index contributed by atoms with van der Waals surface area (Å²) < 4.78 is 4.79. The van der Waals surface area contributed by atoms with E-state index in [1.54, 1.807) is 0 Å². The third kappa shape index (κ3) is 3.16. The Bertz CT molecular complexity index is 1470. The molecule has 0 bridgehead atoms. The normalized spacial score (nSPS) is 11.3. The fourth-order valence-electron chi connectivity index (χ4n) is 4.08. The molecule has 30 heavy (non-hydrogen) atoms. The average Bonchev–Trinajstić information content (AvgIpc) is 2.75. The summed E-state index contributed by atoms with van der Waals surface area (Å²) in [5.74, 6) is 0. The quantitative estimate of drug-likeness (QED) is 0.257. The summed E-state index contributed by atoms with van der Waals surface area (Å²) in [6.07, 6.45) is 0. The van der Waals surface area contributed by atoms with Crippen molar-refractivity contribution in [2.24, 2.45) is 0 Å². The molecule has 1 aromatic heterocycles. The summed E-state index contributed by atoms with van der Waals surface area (Å²) in [5.41, 5.74) is 3.82. The maximum Gasteiger partial charge on any atom is 0.200 e. The van der Waals surface area contributed by atoms with E-state index in [0.717, 1.165) is 0 Å². The first kappa shape index (κ1) is 18.8. The highest BCUT2D eigenvalue weighted by atomic mass is 32.1. The maximum atomic E-state index is 2.36.